The largest absolute Gasteiger partial charge is 0.0757 e. The molecule has 3 aromatic rings. The molecule has 3 aromatic carbocycles. The molecule has 1 heteroatoms. The number of rotatable bonds is 3. The van der Waals surface area contributed by atoms with Crippen LogP contribution in [0, 0.1) is 0 Å². The Bertz CT molecular complexity index is 966. The lowest BCUT2D eigenvalue weighted by atomic mass is 9.73. The molecule has 0 heterocycles. The predicted octanol–water partition coefficient (Wildman–Crippen LogP) is 4.38. The molecule has 0 amide bonds. The van der Waals surface area contributed by atoms with Gasteiger partial charge in [-0.05, 0) is 27.8 Å². The SMILES string of the molecule is [SiH3]c1ccccc1C(C1C=Cc2ccccc21)C1C=Cc2ccccc21. The van der Waals surface area contributed by atoms with Gasteiger partial charge in [0.15, 0.2) is 0 Å². The lowest BCUT2D eigenvalue weighted by molar-refractivity contribution is 0.575. The maximum Gasteiger partial charge on any atom is 0.0388 e. The fourth-order valence-electron chi connectivity index (χ4n) is 4.75. The first-order valence-corrected chi connectivity index (χ1v) is 10.4. The third kappa shape index (κ3) is 2.43. The van der Waals surface area contributed by atoms with E-state index < -0.39 is 0 Å². The molecule has 126 valence electrons. The smallest absolute Gasteiger partial charge is 0.0388 e. The lowest BCUT2D eigenvalue weighted by Gasteiger charge is -2.31. The number of hydrogen-bond acceptors (Lipinski definition) is 0. The van der Waals surface area contributed by atoms with Crippen LogP contribution in [-0.2, 0) is 0 Å². The molecule has 0 N–H and O–H groups in total. The van der Waals surface area contributed by atoms with Crippen LogP contribution < -0.4 is 5.19 Å². The highest BCUT2D eigenvalue weighted by Crippen LogP contribution is 2.50. The first-order valence-electron chi connectivity index (χ1n) is 9.43. The molecule has 2 atom stereocenters. The number of benzene rings is 3. The van der Waals surface area contributed by atoms with Gasteiger partial charge >= 0.3 is 0 Å². The summed E-state index contributed by atoms with van der Waals surface area (Å²) in [7, 11) is 1.08. The van der Waals surface area contributed by atoms with Crippen LogP contribution >= 0.6 is 0 Å². The third-order valence-corrected chi connectivity index (χ3v) is 6.91. The van der Waals surface area contributed by atoms with Crippen molar-refractivity contribution < 1.29 is 0 Å². The van der Waals surface area contributed by atoms with E-state index in [1.54, 1.807) is 0 Å². The van der Waals surface area contributed by atoms with Crippen LogP contribution in [0.15, 0.2) is 84.9 Å². The van der Waals surface area contributed by atoms with Crippen LogP contribution in [0.5, 0.6) is 0 Å². The number of hydrogen-bond donors (Lipinski definition) is 0. The summed E-state index contributed by atoms with van der Waals surface area (Å²) < 4.78 is 0. The maximum absolute atomic E-state index is 2.43. The molecule has 0 saturated heterocycles. The van der Waals surface area contributed by atoms with Crippen LogP contribution in [0.3, 0.4) is 0 Å². The molecule has 0 aliphatic heterocycles. The summed E-state index contributed by atoms with van der Waals surface area (Å²) in [4.78, 5) is 0. The summed E-state index contributed by atoms with van der Waals surface area (Å²) in [6, 6.07) is 26.8. The molecule has 0 saturated carbocycles. The Morgan fingerprint density at radius 3 is 1.69 bits per heavy atom. The van der Waals surface area contributed by atoms with Gasteiger partial charge in [-0.3, -0.25) is 0 Å². The quantitative estimate of drug-likeness (QED) is 0.615. The van der Waals surface area contributed by atoms with Gasteiger partial charge in [-0.15, -0.1) is 0 Å². The molecule has 26 heavy (non-hydrogen) atoms. The van der Waals surface area contributed by atoms with Crippen molar-refractivity contribution in [2.24, 2.45) is 0 Å². The zero-order chi connectivity index (χ0) is 17.5. The molecule has 0 spiro atoms. The number of fused-ring (bicyclic) bond motifs is 2. The molecule has 2 unspecified atom stereocenters. The van der Waals surface area contributed by atoms with Crippen LogP contribution in [0.4, 0.5) is 0 Å². The Kier molecular flexibility index (Phi) is 3.76. The van der Waals surface area contributed by atoms with Crippen molar-refractivity contribution in [3.05, 3.63) is 113 Å². The highest BCUT2D eigenvalue weighted by atomic mass is 28.1. The van der Waals surface area contributed by atoms with Crippen LogP contribution in [0.2, 0.25) is 0 Å². The van der Waals surface area contributed by atoms with Gasteiger partial charge in [0.25, 0.3) is 0 Å². The van der Waals surface area contributed by atoms with E-state index in [1.807, 2.05) is 0 Å². The zero-order valence-electron chi connectivity index (χ0n) is 15.0. The lowest BCUT2D eigenvalue weighted by Crippen LogP contribution is -2.22. The predicted molar refractivity (Wildman–Crippen MR) is 115 cm³/mol. The van der Waals surface area contributed by atoms with E-state index in [9.17, 15) is 0 Å². The average molecular weight is 351 g/mol. The molecule has 0 nitrogen and oxygen atoms in total. The summed E-state index contributed by atoms with van der Waals surface area (Å²) in [5, 5.41) is 1.52. The molecule has 2 aliphatic rings. The van der Waals surface area contributed by atoms with Crippen molar-refractivity contribution in [3.63, 3.8) is 0 Å². The molecular weight excluding hydrogens is 328 g/mol. The highest BCUT2D eigenvalue weighted by Gasteiger charge is 2.35. The molecule has 0 radical (unpaired) electrons. The van der Waals surface area contributed by atoms with Gasteiger partial charge in [0.1, 0.15) is 0 Å². The summed E-state index contributed by atoms with van der Waals surface area (Å²) in [5.74, 6) is 1.31. The van der Waals surface area contributed by atoms with Crippen LogP contribution in [0.1, 0.15) is 45.6 Å². The standard InChI is InChI=1S/C25H22Si/c26-24-12-6-5-11-23(24)25(21-15-13-17-7-1-3-9-19(17)21)22-16-14-18-8-2-4-10-20(18)22/h1-16,21-22,25H,26H3. The molecule has 0 bridgehead atoms. The monoisotopic (exact) mass is 350 g/mol. The summed E-state index contributed by atoms with van der Waals surface area (Å²) in [6.07, 6.45) is 9.48. The first kappa shape index (κ1) is 15.6. The van der Waals surface area contributed by atoms with Crippen molar-refractivity contribution in [1.82, 2.24) is 0 Å². The Labute approximate surface area is 158 Å². The molecule has 0 fully saturated rings. The van der Waals surface area contributed by atoms with Gasteiger partial charge in [-0.25, -0.2) is 0 Å². The second kappa shape index (κ2) is 6.26. The normalized spacial score (nSPS) is 20.9. The van der Waals surface area contributed by atoms with E-state index in [-0.39, 0.29) is 0 Å². The Hall–Kier alpha value is -2.64. The van der Waals surface area contributed by atoms with Crippen molar-refractivity contribution in [3.8, 4) is 0 Å². The van der Waals surface area contributed by atoms with E-state index in [0.29, 0.717) is 17.8 Å². The van der Waals surface area contributed by atoms with Gasteiger partial charge in [0.2, 0.25) is 0 Å². The Morgan fingerprint density at radius 1 is 0.615 bits per heavy atom. The molecular formula is C25H22Si. The van der Waals surface area contributed by atoms with Crippen molar-refractivity contribution in [2.75, 3.05) is 0 Å². The highest BCUT2D eigenvalue weighted by molar-refractivity contribution is 6.33. The Balaban J connectivity index is 1.68. The number of allylic oxidation sites excluding steroid dienone is 2. The third-order valence-electron chi connectivity index (χ3n) is 6.00. The molecule has 5 rings (SSSR count). The molecule has 2 aliphatic carbocycles. The van der Waals surface area contributed by atoms with Gasteiger partial charge in [0.05, 0.1) is 0 Å². The minimum absolute atomic E-state index is 0.433. The van der Waals surface area contributed by atoms with Crippen LogP contribution in [-0.4, -0.2) is 10.2 Å². The minimum Gasteiger partial charge on any atom is -0.0757 e. The van der Waals surface area contributed by atoms with E-state index in [4.69, 9.17) is 0 Å². The molecule has 0 aromatic heterocycles. The van der Waals surface area contributed by atoms with Crippen molar-refractivity contribution in [1.29, 1.82) is 0 Å². The second-order valence-corrected chi connectivity index (χ2v) is 8.49. The van der Waals surface area contributed by atoms with E-state index >= 15 is 0 Å². The second-order valence-electron chi connectivity index (χ2n) is 7.41. The van der Waals surface area contributed by atoms with Crippen molar-refractivity contribution >= 4 is 27.6 Å². The van der Waals surface area contributed by atoms with Gasteiger partial charge in [-0.1, -0.05) is 102 Å². The maximum atomic E-state index is 2.43. The fourth-order valence-corrected chi connectivity index (χ4v) is 5.44. The van der Waals surface area contributed by atoms with Gasteiger partial charge < -0.3 is 0 Å². The summed E-state index contributed by atoms with van der Waals surface area (Å²) in [6.45, 7) is 0. The minimum atomic E-state index is 0.433. The van der Waals surface area contributed by atoms with E-state index in [1.165, 1.54) is 33.0 Å². The zero-order valence-corrected chi connectivity index (χ0v) is 17.0. The van der Waals surface area contributed by atoms with Crippen molar-refractivity contribution in [2.45, 2.75) is 17.8 Å². The summed E-state index contributed by atoms with van der Waals surface area (Å²) >= 11 is 0. The fraction of sp³-hybridized carbons (Fsp3) is 0.120. The summed E-state index contributed by atoms with van der Waals surface area (Å²) in [5.41, 5.74) is 7.23. The van der Waals surface area contributed by atoms with E-state index in [0.717, 1.165) is 10.2 Å². The van der Waals surface area contributed by atoms with Gasteiger partial charge in [-0.2, -0.15) is 0 Å². The van der Waals surface area contributed by atoms with Gasteiger partial charge in [0, 0.05) is 28.0 Å². The average Bonchev–Trinajstić information content (AvgIpc) is 3.29. The van der Waals surface area contributed by atoms with Crippen LogP contribution in [0.25, 0.3) is 12.2 Å². The topological polar surface area (TPSA) is 0 Å². The Morgan fingerprint density at radius 2 is 1.12 bits per heavy atom. The van der Waals surface area contributed by atoms with E-state index in [2.05, 4.69) is 97.1 Å². The first-order chi connectivity index (χ1) is 12.8.